The van der Waals surface area contributed by atoms with Crippen molar-refractivity contribution < 1.29 is 8.78 Å². The molecule has 0 heterocycles. The maximum absolute atomic E-state index is 12.4. The van der Waals surface area contributed by atoms with Gasteiger partial charge in [-0.1, -0.05) is 60.3 Å². The molecule has 0 aliphatic heterocycles. The van der Waals surface area contributed by atoms with Crippen LogP contribution in [0.4, 0.5) is 8.78 Å². The second kappa shape index (κ2) is 5.07. The highest BCUT2D eigenvalue weighted by Gasteiger charge is 2.30. The molecule has 1 aliphatic carbocycles. The van der Waals surface area contributed by atoms with Crippen molar-refractivity contribution in [3.63, 3.8) is 0 Å². The van der Waals surface area contributed by atoms with Gasteiger partial charge in [0.05, 0.1) is 0 Å². The standard InChI is InChI=1S/C18H14F2/c19-17(20)9-12-18(10-3-4-11-18)16-8-7-14-5-1-2-6-15(14)13-16/h1-8,12-13H,10-11H2. The van der Waals surface area contributed by atoms with Crippen molar-refractivity contribution in [3.8, 4) is 0 Å². The fourth-order valence-corrected chi connectivity index (χ4v) is 2.80. The summed E-state index contributed by atoms with van der Waals surface area (Å²) in [5.74, 6) is 0. The lowest BCUT2D eigenvalue weighted by Gasteiger charge is -2.25. The first-order valence-electron chi connectivity index (χ1n) is 6.63. The smallest absolute Gasteiger partial charge is 0.164 e. The third-order valence-corrected chi connectivity index (χ3v) is 3.91. The lowest BCUT2D eigenvalue weighted by molar-refractivity contribution is 0.422. The minimum Gasteiger partial charge on any atom is -0.164 e. The van der Waals surface area contributed by atoms with Gasteiger partial charge < -0.3 is 0 Å². The van der Waals surface area contributed by atoms with E-state index in [2.05, 4.69) is 17.9 Å². The zero-order valence-corrected chi connectivity index (χ0v) is 10.9. The van der Waals surface area contributed by atoms with Crippen molar-refractivity contribution in [2.75, 3.05) is 0 Å². The van der Waals surface area contributed by atoms with Gasteiger partial charge in [-0.25, -0.2) is 0 Å². The first-order chi connectivity index (χ1) is 9.70. The van der Waals surface area contributed by atoms with Crippen LogP contribution in [0.5, 0.6) is 0 Å². The summed E-state index contributed by atoms with van der Waals surface area (Å²) in [6.45, 7) is 0. The van der Waals surface area contributed by atoms with Gasteiger partial charge in [-0.05, 0) is 35.3 Å². The molecular formula is C18H14F2. The van der Waals surface area contributed by atoms with Gasteiger partial charge in [-0.2, -0.15) is 8.78 Å². The number of fused-ring (bicyclic) bond motifs is 1. The molecule has 0 saturated heterocycles. The molecule has 0 atom stereocenters. The van der Waals surface area contributed by atoms with Gasteiger partial charge in [-0.15, -0.1) is 0 Å². The van der Waals surface area contributed by atoms with E-state index in [1.54, 1.807) is 0 Å². The molecule has 0 amide bonds. The molecule has 100 valence electrons. The van der Waals surface area contributed by atoms with Crippen LogP contribution >= 0.6 is 0 Å². The van der Waals surface area contributed by atoms with E-state index in [0.717, 1.165) is 29.2 Å². The highest BCUT2D eigenvalue weighted by atomic mass is 19.3. The summed E-state index contributed by atoms with van der Waals surface area (Å²) in [4.78, 5) is 0. The summed E-state index contributed by atoms with van der Waals surface area (Å²) in [5, 5.41) is 2.29. The zero-order chi connectivity index (χ0) is 14.0. The van der Waals surface area contributed by atoms with Crippen LogP contribution in [0.1, 0.15) is 18.4 Å². The summed E-state index contributed by atoms with van der Waals surface area (Å²) in [5.41, 5.74) is 2.78. The average Bonchev–Trinajstić information content (AvgIpc) is 2.95. The van der Waals surface area contributed by atoms with Gasteiger partial charge in [0.1, 0.15) is 0 Å². The van der Waals surface area contributed by atoms with E-state index in [9.17, 15) is 8.78 Å². The predicted molar refractivity (Wildman–Crippen MR) is 77.8 cm³/mol. The van der Waals surface area contributed by atoms with Crippen molar-refractivity contribution in [1.29, 1.82) is 0 Å². The first-order valence-corrected chi connectivity index (χ1v) is 6.63. The Hall–Kier alpha value is -2.18. The molecule has 20 heavy (non-hydrogen) atoms. The lowest BCUT2D eigenvalue weighted by atomic mass is 9.77. The first kappa shape index (κ1) is 12.8. The summed E-state index contributed by atoms with van der Waals surface area (Å²) in [7, 11) is 0. The predicted octanol–water partition coefficient (Wildman–Crippen LogP) is 5.36. The molecule has 0 saturated carbocycles. The molecule has 0 bridgehead atoms. The number of halogens is 2. The molecule has 0 radical (unpaired) electrons. The van der Waals surface area contributed by atoms with E-state index < -0.39 is 6.08 Å². The molecule has 3 rings (SSSR count). The minimum absolute atomic E-state index is 0.381. The molecule has 0 aromatic heterocycles. The van der Waals surface area contributed by atoms with Gasteiger partial charge in [-0.3, -0.25) is 0 Å². The Kier molecular flexibility index (Phi) is 3.25. The Labute approximate surface area is 116 Å². The Bertz CT molecular complexity index is 722. The fourth-order valence-electron chi connectivity index (χ4n) is 2.80. The van der Waals surface area contributed by atoms with Gasteiger partial charge in [0, 0.05) is 5.41 Å². The molecule has 0 N–H and O–H groups in total. The van der Waals surface area contributed by atoms with E-state index in [4.69, 9.17) is 0 Å². The van der Waals surface area contributed by atoms with Crippen molar-refractivity contribution in [2.45, 2.75) is 18.3 Å². The Morgan fingerprint density at radius 2 is 1.70 bits per heavy atom. The number of hydrogen-bond acceptors (Lipinski definition) is 0. The van der Waals surface area contributed by atoms with Gasteiger partial charge in [0.15, 0.2) is 0 Å². The van der Waals surface area contributed by atoms with Gasteiger partial charge in [0.2, 0.25) is 0 Å². The van der Waals surface area contributed by atoms with Gasteiger partial charge in [0.25, 0.3) is 0 Å². The number of hydrogen-bond donors (Lipinski definition) is 0. The zero-order valence-electron chi connectivity index (χ0n) is 10.9. The summed E-state index contributed by atoms with van der Waals surface area (Å²) >= 11 is 0. The Balaban J connectivity index is 2.12. The second-order valence-corrected chi connectivity index (χ2v) is 5.15. The third kappa shape index (κ3) is 2.31. The van der Waals surface area contributed by atoms with Crippen molar-refractivity contribution in [3.05, 3.63) is 78.1 Å². The number of benzene rings is 2. The van der Waals surface area contributed by atoms with Crippen molar-refractivity contribution >= 4 is 10.8 Å². The highest BCUT2D eigenvalue weighted by molar-refractivity contribution is 5.83. The van der Waals surface area contributed by atoms with Crippen LogP contribution in [-0.2, 0) is 5.41 Å². The van der Waals surface area contributed by atoms with Crippen molar-refractivity contribution in [2.24, 2.45) is 0 Å². The number of rotatable bonds is 2. The van der Waals surface area contributed by atoms with E-state index in [-0.39, 0.29) is 5.41 Å². The highest BCUT2D eigenvalue weighted by Crippen LogP contribution is 2.39. The SMILES string of the molecule is FC(F)=C=CC1(c2ccc3ccccc3c2)CC=CC1. The summed E-state index contributed by atoms with van der Waals surface area (Å²) in [6.07, 6.45) is 5.33. The monoisotopic (exact) mass is 268 g/mol. The maximum Gasteiger partial charge on any atom is 0.312 e. The topological polar surface area (TPSA) is 0 Å². The Morgan fingerprint density at radius 1 is 1.00 bits per heavy atom. The van der Waals surface area contributed by atoms with E-state index in [1.165, 1.54) is 6.08 Å². The summed E-state index contributed by atoms with van der Waals surface area (Å²) < 4.78 is 24.8. The molecular weight excluding hydrogens is 254 g/mol. The molecule has 2 heteroatoms. The van der Waals surface area contributed by atoms with Crippen LogP contribution in [0.15, 0.2) is 72.5 Å². The Morgan fingerprint density at radius 3 is 2.40 bits per heavy atom. The molecule has 0 spiro atoms. The van der Waals surface area contributed by atoms with Crippen LogP contribution in [0, 0.1) is 0 Å². The van der Waals surface area contributed by atoms with Crippen LogP contribution in [-0.4, -0.2) is 0 Å². The van der Waals surface area contributed by atoms with Crippen LogP contribution in [0.25, 0.3) is 10.8 Å². The van der Waals surface area contributed by atoms with E-state index in [0.29, 0.717) is 0 Å². The lowest BCUT2D eigenvalue weighted by Crippen LogP contribution is -2.18. The molecule has 2 aromatic carbocycles. The molecule has 0 nitrogen and oxygen atoms in total. The van der Waals surface area contributed by atoms with Crippen LogP contribution in [0.3, 0.4) is 0 Å². The van der Waals surface area contributed by atoms with Crippen molar-refractivity contribution in [1.82, 2.24) is 0 Å². The van der Waals surface area contributed by atoms with Gasteiger partial charge >= 0.3 is 6.08 Å². The average molecular weight is 268 g/mol. The number of allylic oxidation sites excluding steroid dienone is 3. The summed E-state index contributed by atoms with van der Waals surface area (Å²) in [6, 6.07) is 14.3. The van der Waals surface area contributed by atoms with Crippen LogP contribution in [0.2, 0.25) is 0 Å². The quantitative estimate of drug-likeness (QED) is 0.508. The van der Waals surface area contributed by atoms with E-state index in [1.807, 2.05) is 42.5 Å². The second-order valence-electron chi connectivity index (χ2n) is 5.15. The maximum atomic E-state index is 12.4. The minimum atomic E-state index is -1.77. The van der Waals surface area contributed by atoms with Crippen LogP contribution < -0.4 is 0 Å². The molecule has 2 aromatic rings. The molecule has 0 fully saturated rings. The largest absolute Gasteiger partial charge is 0.312 e. The van der Waals surface area contributed by atoms with E-state index >= 15 is 0 Å². The third-order valence-electron chi connectivity index (χ3n) is 3.91. The molecule has 1 aliphatic rings. The fraction of sp³-hybridized carbons (Fsp3) is 0.167. The normalized spacial score (nSPS) is 16.1. The molecule has 0 unspecified atom stereocenters.